The summed E-state index contributed by atoms with van der Waals surface area (Å²) in [6.45, 7) is 0. The van der Waals surface area contributed by atoms with Crippen LogP contribution in [0.5, 0.6) is 0 Å². The first-order chi connectivity index (χ1) is 27.8. The Kier molecular flexibility index (Phi) is 6.56. The molecule has 0 aliphatic carbocycles. The van der Waals surface area contributed by atoms with Crippen molar-refractivity contribution in [3.63, 3.8) is 0 Å². The minimum absolute atomic E-state index is 0.620. The first-order valence-electron chi connectivity index (χ1n) is 19.0. The monoisotopic (exact) mass is 713 g/mol. The zero-order valence-corrected chi connectivity index (χ0v) is 30.1. The van der Waals surface area contributed by atoms with E-state index >= 15 is 0 Å². The van der Waals surface area contributed by atoms with E-state index in [1.165, 1.54) is 48.9 Å². The summed E-state index contributed by atoms with van der Waals surface area (Å²) in [7, 11) is 0. The number of hydrogen-bond acceptors (Lipinski definition) is 3. The molecule has 0 amide bonds. The molecule has 4 aromatic heterocycles. The van der Waals surface area contributed by atoms with Crippen LogP contribution < -0.4 is 0 Å². The molecular weight excluding hydrogens is 683 g/mol. The molecule has 56 heavy (non-hydrogen) atoms. The van der Waals surface area contributed by atoms with Gasteiger partial charge in [-0.2, -0.15) is 0 Å². The molecule has 5 nitrogen and oxygen atoms in total. The maximum atomic E-state index is 5.16. The molecule has 0 N–H and O–H groups in total. The van der Waals surface area contributed by atoms with Crippen molar-refractivity contribution in [2.24, 2.45) is 0 Å². The first kappa shape index (κ1) is 30.8. The number of para-hydroxylation sites is 3. The summed E-state index contributed by atoms with van der Waals surface area (Å²) in [6.07, 6.45) is 0. The van der Waals surface area contributed by atoms with Gasteiger partial charge in [-0.3, -0.25) is 0 Å². The maximum absolute atomic E-state index is 5.16. The van der Waals surface area contributed by atoms with Crippen LogP contribution >= 0.6 is 0 Å². The molecular formula is C51H31N5. The van der Waals surface area contributed by atoms with E-state index < -0.39 is 0 Å². The highest BCUT2D eigenvalue weighted by molar-refractivity contribution is 6.26. The quantitative estimate of drug-likeness (QED) is 0.178. The summed E-state index contributed by atoms with van der Waals surface area (Å²) in [5.74, 6) is 1.90. The van der Waals surface area contributed by atoms with Crippen molar-refractivity contribution in [3.8, 4) is 51.0 Å². The van der Waals surface area contributed by atoms with Crippen LogP contribution in [0.4, 0.5) is 0 Å². The molecule has 0 saturated carbocycles. The van der Waals surface area contributed by atoms with Crippen molar-refractivity contribution in [1.82, 2.24) is 23.9 Å². The minimum Gasteiger partial charge on any atom is -0.309 e. The molecule has 0 spiro atoms. The fourth-order valence-corrected chi connectivity index (χ4v) is 8.77. The van der Waals surface area contributed by atoms with E-state index in [2.05, 4.69) is 161 Å². The van der Waals surface area contributed by atoms with E-state index in [0.29, 0.717) is 17.5 Å². The third kappa shape index (κ3) is 4.58. The van der Waals surface area contributed by atoms with Gasteiger partial charge >= 0.3 is 0 Å². The van der Waals surface area contributed by atoms with Crippen LogP contribution in [0.15, 0.2) is 188 Å². The molecule has 12 aromatic rings. The molecule has 0 radical (unpaired) electrons. The van der Waals surface area contributed by atoms with Crippen molar-refractivity contribution >= 4 is 59.9 Å². The second-order valence-corrected chi connectivity index (χ2v) is 14.5. The molecule has 0 fully saturated rings. The van der Waals surface area contributed by atoms with Crippen LogP contribution in [-0.4, -0.2) is 23.9 Å². The van der Waals surface area contributed by atoms with Crippen LogP contribution in [0.3, 0.4) is 0 Å². The number of benzene rings is 8. The molecule has 8 aromatic carbocycles. The lowest BCUT2D eigenvalue weighted by Crippen LogP contribution is -2.01. The number of rotatable bonds is 5. The summed E-state index contributed by atoms with van der Waals surface area (Å²) in [5.41, 5.74) is 12.0. The van der Waals surface area contributed by atoms with Crippen molar-refractivity contribution in [2.45, 2.75) is 0 Å². The van der Waals surface area contributed by atoms with E-state index in [9.17, 15) is 0 Å². The summed E-state index contributed by atoms with van der Waals surface area (Å²) < 4.78 is 4.88. The Hall–Kier alpha value is -7.63. The molecule has 0 aliphatic heterocycles. The average molecular weight is 714 g/mol. The Morgan fingerprint density at radius 2 is 0.768 bits per heavy atom. The number of hydrogen-bond donors (Lipinski definition) is 0. The smallest absolute Gasteiger partial charge is 0.164 e. The van der Waals surface area contributed by atoms with Crippen LogP contribution in [0.25, 0.3) is 111 Å². The summed E-state index contributed by atoms with van der Waals surface area (Å²) in [5, 5.41) is 7.53. The number of nitrogens with zero attached hydrogens (tertiary/aromatic N) is 5. The zero-order valence-electron chi connectivity index (χ0n) is 30.1. The molecule has 5 heteroatoms. The fraction of sp³-hybridized carbons (Fsp3) is 0. The standard InChI is InChI=1S/C51H31N5/c1-4-15-32(16-5-1)35-27-36(51-53-49(33-17-6-2-7-18-33)52-50(54-51)34-19-8-3-9-20-34)29-37(28-35)55-44-25-12-11-22-39(44)42-30-43-41-24-14-23-40-38-21-10-13-26-45(38)56(48(40)41)47(43)31-46(42)55/h1-31H. The molecule has 0 aliphatic rings. The maximum Gasteiger partial charge on any atom is 0.164 e. The van der Waals surface area contributed by atoms with Gasteiger partial charge in [0, 0.05) is 54.7 Å². The van der Waals surface area contributed by atoms with E-state index in [4.69, 9.17) is 15.0 Å². The summed E-state index contributed by atoms with van der Waals surface area (Å²) in [4.78, 5) is 15.3. The lowest BCUT2D eigenvalue weighted by Gasteiger charge is -2.14. The van der Waals surface area contributed by atoms with Crippen LogP contribution in [-0.2, 0) is 0 Å². The van der Waals surface area contributed by atoms with Gasteiger partial charge in [-0.25, -0.2) is 15.0 Å². The Morgan fingerprint density at radius 3 is 1.43 bits per heavy atom. The van der Waals surface area contributed by atoms with E-state index in [0.717, 1.165) is 44.5 Å². The third-order valence-corrected chi connectivity index (χ3v) is 11.3. The Balaban J connectivity index is 1.17. The topological polar surface area (TPSA) is 48.0 Å². The van der Waals surface area contributed by atoms with Gasteiger partial charge in [0.25, 0.3) is 0 Å². The second-order valence-electron chi connectivity index (χ2n) is 14.5. The highest BCUT2D eigenvalue weighted by atomic mass is 15.0. The van der Waals surface area contributed by atoms with Crippen molar-refractivity contribution < 1.29 is 0 Å². The number of aromatic nitrogens is 5. The largest absolute Gasteiger partial charge is 0.309 e. The van der Waals surface area contributed by atoms with Crippen LogP contribution in [0, 0.1) is 0 Å². The predicted molar refractivity (Wildman–Crippen MR) is 231 cm³/mol. The van der Waals surface area contributed by atoms with Crippen LogP contribution in [0.1, 0.15) is 0 Å². The third-order valence-electron chi connectivity index (χ3n) is 11.3. The molecule has 260 valence electrons. The Bertz CT molecular complexity index is 3400. The Labute approximate surface area is 321 Å². The second kappa shape index (κ2) is 11.9. The van der Waals surface area contributed by atoms with Crippen molar-refractivity contribution in [2.75, 3.05) is 0 Å². The van der Waals surface area contributed by atoms with Crippen LogP contribution in [0.2, 0.25) is 0 Å². The van der Waals surface area contributed by atoms with Gasteiger partial charge in [0.15, 0.2) is 17.5 Å². The predicted octanol–water partition coefficient (Wildman–Crippen LogP) is 12.8. The summed E-state index contributed by atoms with van der Waals surface area (Å²) >= 11 is 0. The van der Waals surface area contributed by atoms with Gasteiger partial charge in [-0.05, 0) is 53.6 Å². The van der Waals surface area contributed by atoms with Gasteiger partial charge in [0.05, 0.1) is 27.6 Å². The van der Waals surface area contributed by atoms with E-state index in [1.807, 2.05) is 36.4 Å². The fourth-order valence-electron chi connectivity index (χ4n) is 8.77. The van der Waals surface area contributed by atoms with E-state index in [1.54, 1.807) is 0 Å². The van der Waals surface area contributed by atoms with Crippen molar-refractivity contribution in [3.05, 3.63) is 188 Å². The van der Waals surface area contributed by atoms with Gasteiger partial charge < -0.3 is 8.97 Å². The van der Waals surface area contributed by atoms with Gasteiger partial charge in [-0.1, -0.05) is 146 Å². The molecule has 12 rings (SSSR count). The highest BCUT2D eigenvalue weighted by Gasteiger charge is 2.22. The first-order valence-corrected chi connectivity index (χ1v) is 19.0. The van der Waals surface area contributed by atoms with Crippen molar-refractivity contribution in [1.29, 1.82) is 0 Å². The SMILES string of the molecule is c1ccc(-c2cc(-c3nc(-c4ccccc4)nc(-c4ccccc4)n3)cc(-n3c4ccccc4c4cc5c6cccc7c8ccccc8n(c5cc43)c76)c2)cc1. The van der Waals surface area contributed by atoms with Gasteiger partial charge in [-0.15, -0.1) is 0 Å². The normalized spacial score (nSPS) is 11.9. The lowest BCUT2D eigenvalue weighted by atomic mass is 10.0. The van der Waals surface area contributed by atoms with Gasteiger partial charge in [0.1, 0.15) is 0 Å². The Morgan fingerprint density at radius 1 is 0.286 bits per heavy atom. The van der Waals surface area contributed by atoms with E-state index in [-0.39, 0.29) is 0 Å². The van der Waals surface area contributed by atoms with Gasteiger partial charge in [0.2, 0.25) is 0 Å². The minimum atomic E-state index is 0.620. The highest BCUT2D eigenvalue weighted by Crippen LogP contribution is 2.43. The molecule has 0 saturated heterocycles. The zero-order chi connectivity index (χ0) is 36.7. The molecule has 0 bridgehead atoms. The lowest BCUT2D eigenvalue weighted by molar-refractivity contribution is 1.07. The molecule has 4 heterocycles. The number of fused-ring (bicyclic) bond motifs is 9. The molecule has 0 atom stereocenters. The average Bonchev–Trinajstić information content (AvgIpc) is 3.91. The molecule has 0 unspecified atom stereocenters. The summed E-state index contributed by atoms with van der Waals surface area (Å²) in [6, 6.07) is 66.7.